The minimum absolute atomic E-state index is 0.0515. The van der Waals surface area contributed by atoms with Gasteiger partial charge in [-0.15, -0.1) is 0 Å². The summed E-state index contributed by atoms with van der Waals surface area (Å²) in [5, 5.41) is 3.37. The summed E-state index contributed by atoms with van der Waals surface area (Å²) in [7, 11) is 0. The molecule has 1 fully saturated rings. The zero-order valence-electron chi connectivity index (χ0n) is 9.88. The molecule has 1 aromatic rings. The maximum absolute atomic E-state index is 14.0. The Hall–Kier alpha value is -0.450. The predicted octanol–water partition coefficient (Wildman–Crippen LogP) is 3.28. The summed E-state index contributed by atoms with van der Waals surface area (Å²) < 4.78 is 20.1. The lowest BCUT2D eigenvalue weighted by Crippen LogP contribution is -2.29. The van der Waals surface area contributed by atoms with Gasteiger partial charge in [0.2, 0.25) is 0 Å². The molecule has 2 atom stereocenters. The highest BCUT2D eigenvalue weighted by Gasteiger charge is 2.28. The van der Waals surface area contributed by atoms with E-state index in [1.807, 2.05) is 19.1 Å². The average Bonchev–Trinajstić information content (AvgIpc) is 2.80. The molecule has 0 aromatic heterocycles. The van der Waals surface area contributed by atoms with Crippen LogP contribution in [0.1, 0.15) is 24.9 Å². The molecule has 17 heavy (non-hydrogen) atoms. The molecule has 4 heteroatoms. The Balaban J connectivity index is 2.24. The molecular formula is C13H17BrFNO. The van der Waals surface area contributed by atoms with E-state index in [0.29, 0.717) is 12.5 Å². The Morgan fingerprint density at radius 3 is 3.00 bits per heavy atom. The highest BCUT2D eigenvalue weighted by molar-refractivity contribution is 9.10. The maximum Gasteiger partial charge on any atom is 0.129 e. The van der Waals surface area contributed by atoms with Crippen LogP contribution in [0.25, 0.3) is 0 Å². The van der Waals surface area contributed by atoms with Crippen molar-refractivity contribution in [3.8, 4) is 0 Å². The number of hydrogen-bond acceptors (Lipinski definition) is 2. The second-order valence-corrected chi connectivity index (χ2v) is 5.24. The van der Waals surface area contributed by atoms with Crippen molar-refractivity contribution in [2.45, 2.75) is 19.4 Å². The zero-order valence-corrected chi connectivity index (χ0v) is 11.5. The molecule has 1 heterocycles. The topological polar surface area (TPSA) is 21.3 Å². The van der Waals surface area contributed by atoms with Gasteiger partial charge in [0.1, 0.15) is 5.82 Å². The van der Waals surface area contributed by atoms with Crippen LogP contribution >= 0.6 is 15.9 Å². The normalized spacial score (nSPS) is 21.7. The van der Waals surface area contributed by atoms with E-state index in [1.54, 1.807) is 0 Å². The van der Waals surface area contributed by atoms with Crippen LogP contribution in [0.4, 0.5) is 4.39 Å². The molecule has 0 bridgehead atoms. The van der Waals surface area contributed by atoms with Crippen LogP contribution in [-0.2, 0) is 4.74 Å². The number of ether oxygens (including phenoxy) is 1. The minimum atomic E-state index is -0.155. The number of halogens is 2. The third-order valence-electron chi connectivity index (χ3n) is 3.16. The Morgan fingerprint density at radius 2 is 2.41 bits per heavy atom. The van der Waals surface area contributed by atoms with Crippen molar-refractivity contribution in [3.63, 3.8) is 0 Å². The Labute approximate surface area is 110 Å². The number of hydrogen-bond donors (Lipinski definition) is 1. The van der Waals surface area contributed by atoms with Crippen LogP contribution in [0, 0.1) is 11.7 Å². The van der Waals surface area contributed by atoms with Gasteiger partial charge in [-0.05, 0) is 25.1 Å². The van der Waals surface area contributed by atoms with Gasteiger partial charge in [0.15, 0.2) is 0 Å². The van der Waals surface area contributed by atoms with Crippen molar-refractivity contribution >= 4 is 15.9 Å². The van der Waals surface area contributed by atoms with E-state index in [1.165, 1.54) is 6.07 Å². The van der Waals surface area contributed by atoms with Crippen molar-refractivity contribution in [1.82, 2.24) is 5.32 Å². The molecule has 1 aliphatic heterocycles. The number of benzene rings is 1. The molecular weight excluding hydrogens is 285 g/mol. The van der Waals surface area contributed by atoms with Gasteiger partial charge < -0.3 is 10.1 Å². The van der Waals surface area contributed by atoms with E-state index in [4.69, 9.17) is 4.74 Å². The average molecular weight is 302 g/mol. The third-order valence-corrected chi connectivity index (χ3v) is 3.65. The fraction of sp³-hybridized carbons (Fsp3) is 0.538. The molecule has 0 amide bonds. The quantitative estimate of drug-likeness (QED) is 0.921. The first-order valence-corrected chi connectivity index (χ1v) is 6.77. The molecule has 0 aliphatic carbocycles. The van der Waals surface area contributed by atoms with E-state index in [2.05, 4.69) is 21.2 Å². The lowest BCUT2D eigenvalue weighted by Gasteiger charge is -2.24. The summed E-state index contributed by atoms with van der Waals surface area (Å²) in [6, 6.07) is 5.31. The van der Waals surface area contributed by atoms with E-state index in [-0.39, 0.29) is 11.9 Å². The third kappa shape index (κ3) is 3.06. The van der Waals surface area contributed by atoms with Crippen molar-refractivity contribution in [3.05, 3.63) is 34.1 Å². The first-order chi connectivity index (χ1) is 8.22. The molecule has 2 rings (SSSR count). The lowest BCUT2D eigenvalue weighted by molar-refractivity contribution is 0.176. The van der Waals surface area contributed by atoms with Gasteiger partial charge in [0, 0.05) is 28.6 Å². The van der Waals surface area contributed by atoms with Gasteiger partial charge >= 0.3 is 0 Å². The Morgan fingerprint density at radius 1 is 1.59 bits per heavy atom. The smallest absolute Gasteiger partial charge is 0.129 e. The van der Waals surface area contributed by atoms with Crippen LogP contribution in [0.2, 0.25) is 0 Å². The van der Waals surface area contributed by atoms with Crippen molar-refractivity contribution in [2.75, 3.05) is 19.8 Å². The highest BCUT2D eigenvalue weighted by Crippen LogP contribution is 2.31. The largest absolute Gasteiger partial charge is 0.381 e. The van der Waals surface area contributed by atoms with Crippen LogP contribution in [0.3, 0.4) is 0 Å². The van der Waals surface area contributed by atoms with Crippen LogP contribution < -0.4 is 5.32 Å². The monoisotopic (exact) mass is 301 g/mol. The van der Waals surface area contributed by atoms with Gasteiger partial charge in [-0.3, -0.25) is 0 Å². The Bertz CT molecular complexity index is 380. The van der Waals surface area contributed by atoms with Gasteiger partial charge in [0.25, 0.3) is 0 Å². The van der Waals surface area contributed by atoms with Gasteiger partial charge in [-0.2, -0.15) is 0 Å². The summed E-state index contributed by atoms with van der Waals surface area (Å²) in [4.78, 5) is 0. The van der Waals surface area contributed by atoms with Gasteiger partial charge in [-0.25, -0.2) is 4.39 Å². The molecule has 2 unspecified atom stereocenters. The molecule has 2 nitrogen and oxygen atoms in total. The maximum atomic E-state index is 14.0. The lowest BCUT2D eigenvalue weighted by atomic mass is 9.92. The SMILES string of the molecule is CCNC(c1ccc(Br)cc1F)C1CCOC1. The molecule has 1 aliphatic rings. The van der Waals surface area contributed by atoms with Crippen molar-refractivity contribution < 1.29 is 9.13 Å². The summed E-state index contributed by atoms with van der Waals surface area (Å²) in [5.41, 5.74) is 0.741. The second-order valence-electron chi connectivity index (χ2n) is 4.32. The first-order valence-electron chi connectivity index (χ1n) is 5.98. The van der Waals surface area contributed by atoms with Gasteiger partial charge in [0.05, 0.1) is 6.61 Å². The molecule has 1 saturated heterocycles. The fourth-order valence-corrected chi connectivity index (χ4v) is 2.65. The van der Waals surface area contributed by atoms with Crippen molar-refractivity contribution in [1.29, 1.82) is 0 Å². The van der Waals surface area contributed by atoms with E-state index in [9.17, 15) is 4.39 Å². The standard InChI is InChI=1S/C13H17BrFNO/c1-2-16-13(9-5-6-17-8-9)11-4-3-10(14)7-12(11)15/h3-4,7,9,13,16H,2,5-6,8H2,1H3. The molecule has 1 N–H and O–H groups in total. The Kier molecular flexibility index (Phi) is 4.54. The van der Waals surface area contributed by atoms with E-state index >= 15 is 0 Å². The zero-order chi connectivity index (χ0) is 12.3. The molecule has 0 spiro atoms. The number of rotatable bonds is 4. The van der Waals surface area contributed by atoms with E-state index in [0.717, 1.165) is 29.6 Å². The van der Waals surface area contributed by atoms with Crippen molar-refractivity contribution in [2.24, 2.45) is 5.92 Å². The van der Waals surface area contributed by atoms with E-state index < -0.39 is 0 Å². The first kappa shape index (κ1) is 13.0. The van der Waals surface area contributed by atoms with Gasteiger partial charge in [-0.1, -0.05) is 28.9 Å². The highest BCUT2D eigenvalue weighted by atomic mass is 79.9. The predicted molar refractivity (Wildman–Crippen MR) is 69.4 cm³/mol. The summed E-state index contributed by atoms with van der Waals surface area (Å²) in [6.07, 6.45) is 0.993. The molecule has 1 aromatic carbocycles. The van der Waals surface area contributed by atoms with Crippen LogP contribution in [-0.4, -0.2) is 19.8 Å². The summed E-state index contributed by atoms with van der Waals surface area (Å²) in [6.45, 7) is 4.37. The fourth-order valence-electron chi connectivity index (χ4n) is 2.32. The van der Waals surface area contributed by atoms with Crippen LogP contribution in [0.5, 0.6) is 0 Å². The summed E-state index contributed by atoms with van der Waals surface area (Å²) in [5.74, 6) is 0.211. The summed E-state index contributed by atoms with van der Waals surface area (Å²) >= 11 is 3.28. The van der Waals surface area contributed by atoms with Crippen LogP contribution in [0.15, 0.2) is 22.7 Å². The second kappa shape index (κ2) is 5.94. The molecule has 0 saturated carbocycles. The molecule has 94 valence electrons. The molecule has 0 radical (unpaired) electrons. The minimum Gasteiger partial charge on any atom is -0.381 e. The number of nitrogens with one attached hydrogen (secondary N) is 1.